The molecule has 0 saturated carbocycles. The maximum absolute atomic E-state index is 14.0. The Kier molecular flexibility index (Phi) is 4.23. The van der Waals surface area contributed by atoms with Crippen molar-refractivity contribution in [2.45, 2.75) is 25.7 Å². The van der Waals surface area contributed by atoms with E-state index in [-0.39, 0.29) is 30.5 Å². The van der Waals surface area contributed by atoms with Crippen molar-refractivity contribution in [3.05, 3.63) is 59.9 Å². The molecule has 4 rings (SSSR count). The van der Waals surface area contributed by atoms with Gasteiger partial charge in [-0.3, -0.25) is 9.59 Å². The number of benzene rings is 2. The first-order chi connectivity index (χ1) is 12.6. The van der Waals surface area contributed by atoms with Gasteiger partial charge in [-0.1, -0.05) is 37.3 Å². The fourth-order valence-electron chi connectivity index (χ4n) is 3.97. The van der Waals surface area contributed by atoms with Crippen LogP contribution in [0.25, 0.3) is 0 Å². The van der Waals surface area contributed by atoms with Crippen LogP contribution < -0.4 is 9.80 Å². The SMILES string of the molecule is CC1CCN(C(=O)C2CC(=O)N(c3ccccc3F)C2)c2ccccc21. The minimum absolute atomic E-state index is 0.0449. The van der Waals surface area contributed by atoms with Gasteiger partial charge in [-0.25, -0.2) is 4.39 Å². The molecule has 2 atom stereocenters. The zero-order valence-electron chi connectivity index (χ0n) is 14.7. The Morgan fingerprint density at radius 3 is 2.54 bits per heavy atom. The van der Waals surface area contributed by atoms with E-state index < -0.39 is 11.7 Å². The second-order valence-corrected chi connectivity index (χ2v) is 7.10. The molecule has 2 aromatic carbocycles. The van der Waals surface area contributed by atoms with Crippen LogP contribution in [0.1, 0.15) is 31.2 Å². The summed E-state index contributed by atoms with van der Waals surface area (Å²) in [4.78, 5) is 28.7. The van der Waals surface area contributed by atoms with Crippen molar-refractivity contribution in [2.75, 3.05) is 22.9 Å². The highest BCUT2D eigenvalue weighted by Gasteiger charge is 2.39. The summed E-state index contributed by atoms with van der Waals surface area (Å²) >= 11 is 0. The summed E-state index contributed by atoms with van der Waals surface area (Å²) in [7, 11) is 0. The zero-order chi connectivity index (χ0) is 18.3. The molecule has 134 valence electrons. The molecular weight excluding hydrogens is 331 g/mol. The number of halogens is 1. The lowest BCUT2D eigenvalue weighted by Crippen LogP contribution is -2.41. The molecule has 0 aliphatic carbocycles. The van der Waals surface area contributed by atoms with Crippen LogP contribution in [0, 0.1) is 11.7 Å². The first-order valence-electron chi connectivity index (χ1n) is 9.01. The highest BCUT2D eigenvalue weighted by Crippen LogP contribution is 2.37. The molecule has 0 radical (unpaired) electrons. The molecule has 4 nitrogen and oxygen atoms in total. The average Bonchev–Trinajstić information content (AvgIpc) is 3.04. The van der Waals surface area contributed by atoms with E-state index >= 15 is 0 Å². The fourth-order valence-corrected chi connectivity index (χ4v) is 3.97. The summed E-state index contributed by atoms with van der Waals surface area (Å²) in [6.45, 7) is 3.05. The molecule has 2 amide bonds. The third kappa shape index (κ3) is 2.77. The number of para-hydroxylation sites is 2. The first kappa shape index (κ1) is 16.8. The van der Waals surface area contributed by atoms with E-state index in [0.29, 0.717) is 12.5 Å². The minimum atomic E-state index is -0.441. The van der Waals surface area contributed by atoms with Gasteiger partial charge in [0.25, 0.3) is 0 Å². The van der Waals surface area contributed by atoms with Crippen LogP contribution in [0.4, 0.5) is 15.8 Å². The first-order valence-corrected chi connectivity index (χ1v) is 9.01. The molecule has 0 bridgehead atoms. The second kappa shape index (κ2) is 6.56. The van der Waals surface area contributed by atoms with Gasteiger partial charge in [-0.2, -0.15) is 0 Å². The van der Waals surface area contributed by atoms with Crippen LogP contribution >= 0.6 is 0 Å². The monoisotopic (exact) mass is 352 g/mol. The van der Waals surface area contributed by atoms with Crippen molar-refractivity contribution in [2.24, 2.45) is 5.92 Å². The van der Waals surface area contributed by atoms with Crippen LogP contribution in [0.2, 0.25) is 0 Å². The van der Waals surface area contributed by atoms with E-state index in [0.717, 1.165) is 12.1 Å². The maximum atomic E-state index is 14.0. The molecule has 5 heteroatoms. The molecular formula is C21H21FN2O2. The molecule has 1 saturated heterocycles. The van der Waals surface area contributed by atoms with Crippen molar-refractivity contribution < 1.29 is 14.0 Å². The smallest absolute Gasteiger partial charge is 0.232 e. The van der Waals surface area contributed by atoms with Crippen molar-refractivity contribution >= 4 is 23.2 Å². The summed E-state index contributed by atoms with van der Waals surface area (Å²) in [6.07, 6.45) is 1.03. The van der Waals surface area contributed by atoms with Gasteiger partial charge in [0.15, 0.2) is 0 Å². The number of nitrogens with zero attached hydrogens (tertiary/aromatic N) is 2. The van der Waals surface area contributed by atoms with Crippen molar-refractivity contribution in [1.29, 1.82) is 0 Å². The van der Waals surface area contributed by atoms with E-state index in [1.165, 1.54) is 16.5 Å². The molecule has 2 aliphatic rings. The number of anilines is 2. The molecule has 2 aromatic rings. The Balaban J connectivity index is 1.58. The molecule has 2 aliphatic heterocycles. The maximum Gasteiger partial charge on any atom is 0.232 e. The van der Waals surface area contributed by atoms with Crippen LogP contribution in [0.5, 0.6) is 0 Å². The number of hydrogen-bond donors (Lipinski definition) is 0. The number of hydrogen-bond acceptors (Lipinski definition) is 2. The summed E-state index contributed by atoms with van der Waals surface area (Å²) in [6, 6.07) is 14.2. The lowest BCUT2D eigenvalue weighted by molar-refractivity contribution is -0.124. The highest BCUT2D eigenvalue weighted by atomic mass is 19.1. The minimum Gasteiger partial charge on any atom is -0.312 e. The summed E-state index contributed by atoms with van der Waals surface area (Å²) in [5.74, 6) is -0.714. The van der Waals surface area contributed by atoms with E-state index in [1.807, 2.05) is 18.2 Å². The van der Waals surface area contributed by atoms with Gasteiger partial charge in [0.1, 0.15) is 5.82 Å². The van der Waals surface area contributed by atoms with E-state index in [4.69, 9.17) is 0 Å². The van der Waals surface area contributed by atoms with Gasteiger partial charge in [-0.15, -0.1) is 0 Å². The Morgan fingerprint density at radius 2 is 1.77 bits per heavy atom. The van der Waals surface area contributed by atoms with Gasteiger partial charge < -0.3 is 9.80 Å². The molecule has 0 spiro atoms. The number of amides is 2. The summed E-state index contributed by atoms with van der Waals surface area (Å²) in [5, 5.41) is 0. The summed E-state index contributed by atoms with van der Waals surface area (Å²) < 4.78 is 14.0. The van der Waals surface area contributed by atoms with Crippen LogP contribution in [0.15, 0.2) is 48.5 Å². The van der Waals surface area contributed by atoms with Gasteiger partial charge in [0.05, 0.1) is 11.6 Å². The van der Waals surface area contributed by atoms with Gasteiger partial charge in [0.2, 0.25) is 11.8 Å². The van der Waals surface area contributed by atoms with Crippen LogP contribution in [0.3, 0.4) is 0 Å². The lowest BCUT2D eigenvalue weighted by atomic mass is 9.90. The Labute approximate surface area is 152 Å². The predicted molar refractivity (Wildman–Crippen MR) is 98.7 cm³/mol. The molecule has 26 heavy (non-hydrogen) atoms. The third-order valence-electron chi connectivity index (χ3n) is 5.43. The van der Waals surface area contributed by atoms with Crippen molar-refractivity contribution in [3.8, 4) is 0 Å². The molecule has 1 fully saturated rings. The molecule has 0 N–H and O–H groups in total. The molecule has 2 heterocycles. The zero-order valence-corrected chi connectivity index (χ0v) is 14.7. The Bertz CT molecular complexity index is 867. The van der Waals surface area contributed by atoms with Crippen molar-refractivity contribution in [3.63, 3.8) is 0 Å². The van der Waals surface area contributed by atoms with Gasteiger partial charge in [-0.05, 0) is 36.1 Å². The highest BCUT2D eigenvalue weighted by molar-refractivity contribution is 6.05. The standard InChI is InChI=1S/C21H21FN2O2/c1-14-10-11-23(18-8-4-2-6-16(14)18)21(26)15-12-20(25)24(13-15)19-9-5-3-7-17(19)22/h2-9,14-15H,10-13H2,1H3. The Morgan fingerprint density at radius 1 is 1.08 bits per heavy atom. The topological polar surface area (TPSA) is 40.6 Å². The van der Waals surface area contributed by atoms with Gasteiger partial charge >= 0.3 is 0 Å². The normalized spacial score (nSPS) is 22.5. The second-order valence-electron chi connectivity index (χ2n) is 7.10. The third-order valence-corrected chi connectivity index (χ3v) is 5.43. The van der Waals surface area contributed by atoms with Gasteiger partial charge in [0, 0.05) is 25.2 Å². The average molecular weight is 352 g/mol. The van der Waals surface area contributed by atoms with E-state index in [2.05, 4.69) is 13.0 Å². The largest absolute Gasteiger partial charge is 0.312 e. The number of carbonyl (C=O) groups excluding carboxylic acids is 2. The molecule has 2 unspecified atom stereocenters. The van der Waals surface area contributed by atoms with Crippen molar-refractivity contribution in [1.82, 2.24) is 0 Å². The Hall–Kier alpha value is -2.69. The predicted octanol–water partition coefficient (Wildman–Crippen LogP) is 3.72. The number of fused-ring (bicyclic) bond motifs is 1. The molecule has 0 aromatic heterocycles. The number of carbonyl (C=O) groups is 2. The lowest BCUT2D eigenvalue weighted by Gasteiger charge is -2.34. The van der Waals surface area contributed by atoms with E-state index in [9.17, 15) is 14.0 Å². The van der Waals surface area contributed by atoms with Crippen LogP contribution in [-0.4, -0.2) is 24.9 Å². The number of rotatable bonds is 2. The van der Waals surface area contributed by atoms with Crippen LogP contribution in [-0.2, 0) is 9.59 Å². The summed E-state index contributed by atoms with van der Waals surface area (Å²) in [5.41, 5.74) is 2.36. The van der Waals surface area contributed by atoms with E-state index in [1.54, 1.807) is 23.1 Å². The fraction of sp³-hybridized carbons (Fsp3) is 0.333. The quantitative estimate of drug-likeness (QED) is 0.826.